The summed E-state index contributed by atoms with van der Waals surface area (Å²) < 4.78 is 0. The van der Waals surface area contributed by atoms with Gasteiger partial charge in [-0.25, -0.2) is 24.9 Å². The number of aromatic nitrogens is 6. The van der Waals surface area contributed by atoms with Crippen LogP contribution in [0.3, 0.4) is 0 Å². The van der Waals surface area contributed by atoms with E-state index in [1.807, 2.05) is 85.1 Å². The van der Waals surface area contributed by atoms with Gasteiger partial charge in [0.25, 0.3) is 0 Å². The predicted octanol–water partition coefficient (Wildman–Crippen LogP) is 13.0. The third kappa shape index (κ3) is 6.47. The number of benzene rings is 6. The Morgan fingerprint density at radius 3 is 1.53 bits per heavy atom. The van der Waals surface area contributed by atoms with Gasteiger partial charge in [-0.05, 0) is 64.9 Å². The van der Waals surface area contributed by atoms with Crippen molar-refractivity contribution in [3.8, 4) is 90.5 Å². The van der Waals surface area contributed by atoms with Crippen molar-refractivity contribution in [2.45, 2.75) is 37.5 Å². The van der Waals surface area contributed by atoms with Crippen molar-refractivity contribution in [1.29, 1.82) is 0 Å². The van der Waals surface area contributed by atoms with Gasteiger partial charge in [0.05, 0.1) is 17.1 Å². The standard InChI is InChI=1S/C54H40N6/c1-5-16-36(17-6-1)48-34-49(57-52(56-48)41-26-28-44-43-24-11-12-25-45(43)54(46(44)33-41)30-13-4-14-31-54)47-29-27-42(35-55-47)39-22-15-23-40(32-39)53-59-50(37-18-7-2-8-19-37)58-51(60-53)38-20-9-3-10-21-38/h1-3,5-12,15-29,32-35H,4,13-14,30-31H2. The summed E-state index contributed by atoms with van der Waals surface area (Å²) in [5.74, 6) is 2.58. The average Bonchev–Trinajstić information content (AvgIpc) is 3.60. The second-order valence-electron chi connectivity index (χ2n) is 15.8. The van der Waals surface area contributed by atoms with E-state index in [2.05, 4.69) is 97.1 Å². The second-order valence-corrected chi connectivity index (χ2v) is 15.8. The summed E-state index contributed by atoms with van der Waals surface area (Å²) in [6.45, 7) is 0. The van der Waals surface area contributed by atoms with Crippen LogP contribution in [0.1, 0.15) is 43.2 Å². The van der Waals surface area contributed by atoms with Gasteiger partial charge in [0.15, 0.2) is 23.3 Å². The van der Waals surface area contributed by atoms with Crippen molar-refractivity contribution in [2.75, 3.05) is 0 Å². The summed E-state index contributed by atoms with van der Waals surface area (Å²) in [5, 5.41) is 0. The SMILES string of the molecule is c1ccc(-c2cc(-c3ccc(-c4cccc(-c5nc(-c6ccccc6)nc(-c6ccccc6)n5)c4)cn3)nc(-c3ccc4c(c3)C3(CCCCC3)c3ccccc3-4)n2)cc1. The summed E-state index contributed by atoms with van der Waals surface area (Å²) in [5.41, 5.74) is 14.9. The van der Waals surface area contributed by atoms with Crippen molar-refractivity contribution in [3.63, 3.8) is 0 Å². The molecule has 0 radical (unpaired) electrons. The van der Waals surface area contributed by atoms with Crippen LogP contribution < -0.4 is 0 Å². The molecular weight excluding hydrogens is 733 g/mol. The molecule has 9 aromatic rings. The number of nitrogens with zero attached hydrogens (tertiary/aromatic N) is 6. The van der Waals surface area contributed by atoms with E-state index in [4.69, 9.17) is 29.9 Å². The highest BCUT2D eigenvalue weighted by Crippen LogP contribution is 2.56. The maximum atomic E-state index is 5.23. The van der Waals surface area contributed by atoms with Crippen molar-refractivity contribution >= 4 is 0 Å². The topological polar surface area (TPSA) is 77.3 Å². The molecule has 3 aromatic heterocycles. The Balaban J connectivity index is 0.961. The Hall–Kier alpha value is -7.44. The van der Waals surface area contributed by atoms with Crippen molar-refractivity contribution in [2.24, 2.45) is 0 Å². The first kappa shape index (κ1) is 35.7. The van der Waals surface area contributed by atoms with Crippen molar-refractivity contribution in [3.05, 3.63) is 193 Å². The van der Waals surface area contributed by atoms with Gasteiger partial charge in [0.2, 0.25) is 0 Å². The lowest BCUT2D eigenvalue weighted by Crippen LogP contribution is -2.28. The highest BCUT2D eigenvalue weighted by Gasteiger charge is 2.43. The highest BCUT2D eigenvalue weighted by molar-refractivity contribution is 5.84. The molecule has 286 valence electrons. The number of fused-ring (bicyclic) bond motifs is 5. The number of hydrogen-bond donors (Lipinski definition) is 0. The predicted molar refractivity (Wildman–Crippen MR) is 241 cm³/mol. The lowest BCUT2D eigenvalue weighted by atomic mass is 9.67. The minimum atomic E-state index is 0.0483. The molecule has 0 bridgehead atoms. The van der Waals surface area contributed by atoms with Gasteiger partial charge in [0, 0.05) is 45.0 Å². The summed E-state index contributed by atoms with van der Waals surface area (Å²) in [4.78, 5) is 30.3. The Morgan fingerprint density at radius 1 is 0.317 bits per heavy atom. The monoisotopic (exact) mass is 772 g/mol. The molecular formula is C54H40N6. The van der Waals surface area contributed by atoms with Gasteiger partial charge in [-0.1, -0.05) is 171 Å². The lowest BCUT2D eigenvalue weighted by molar-refractivity contribution is 0.353. The molecule has 0 amide bonds. The fourth-order valence-corrected chi connectivity index (χ4v) is 9.24. The highest BCUT2D eigenvalue weighted by atomic mass is 15.0. The molecule has 1 fully saturated rings. The molecule has 0 unspecified atom stereocenters. The van der Waals surface area contributed by atoms with Crippen LogP contribution in [0.2, 0.25) is 0 Å². The van der Waals surface area contributed by atoms with Gasteiger partial charge < -0.3 is 0 Å². The van der Waals surface area contributed by atoms with Crippen LogP contribution in [0.4, 0.5) is 0 Å². The van der Waals surface area contributed by atoms with Crippen molar-refractivity contribution < 1.29 is 0 Å². The summed E-state index contributed by atoms with van der Waals surface area (Å²) in [7, 11) is 0. The average molecular weight is 773 g/mol. The number of hydrogen-bond acceptors (Lipinski definition) is 6. The maximum Gasteiger partial charge on any atom is 0.164 e. The molecule has 2 aliphatic rings. The minimum absolute atomic E-state index is 0.0483. The van der Waals surface area contributed by atoms with Gasteiger partial charge in [0.1, 0.15) is 0 Å². The molecule has 60 heavy (non-hydrogen) atoms. The van der Waals surface area contributed by atoms with Gasteiger partial charge in [-0.15, -0.1) is 0 Å². The summed E-state index contributed by atoms with van der Waals surface area (Å²) in [6, 6.07) is 60.9. The van der Waals surface area contributed by atoms with Crippen LogP contribution in [0.15, 0.2) is 182 Å². The number of rotatable bonds is 7. The third-order valence-electron chi connectivity index (χ3n) is 12.2. The van der Waals surface area contributed by atoms with Crippen molar-refractivity contribution in [1.82, 2.24) is 29.9 Å². The molecule has 0 N–H and O–H groups in total. The van der Waals surface area contributed by atoms with E-state index < -0.39 is 0 Å². The zero-order chi connectivity index (χ0) is 39.9. The van der Waals surface area contributed by atoms with Gasteiger partial charge in [-0.3, -0.25) is 4.98 Å². The van der Waals surface area contributed by atoms with E-state index >= 15 is 0 Å². The normalized spacial score (nSPS) is 13.8. The zero-order valence-electron chi connectivity index (χ0n) is 33.0. The zero-order valence-corrected chi connectivity index (χ0v) is 33.0. The summed E-state index contributed by atoms with van der Waals surface area (Å²) >= 11 is 0. The second kappa shape index (κ2) is 15.1. The molecule has 0 aliphatic heterocycles. The van der Waals surface area contributed by atoms with Crippen LogP contribution in [-0.4, -0.2) is 29.9 Å². The smallest absolute Gasteiger partial charge is 0.164 e. The quantitative estimate of drug-likeness (QED) is 0.161. The lowest BCUT2D eigenvalue weighted by Gasteiger charge is -2.36. The van der Waals surface area contributed by atoms with Gasteiger partial charge >= 0.3 is 0 Å². The van der Waals surface area contributed by atoms with E-state index in [0.717, 1.165) is 56.0 Å². The van der Waals surface area contributed by atoms with E-state index in [1.165, 1.54) is 54.4 Å². The Kier molecular flexibility index (Phi) is 8.96. The Labute approximate surface area is 349 Å². The molecule has 11 rings (SSSR count). The van der Waals surface area contributed by atoms with Crippen LogP contribution in [0, 0.1) is 0 Å². The van der Waals surface area contributed by atoms with Crippen LogP contribution in [-0.2, 0) is 5.41 Å². The van der Waals surface area contributed by atoms with E-state index in [9.17, 15) is 0 Å². The molecule has 6 aromatic carbocycles. The van der Waals surface area contributed by atoms with Gasteiger partial charge in [-0.2, -0.15) is 0 Å². The molecule has 6 nitrogen and oxygen atoms in total. The molecule has 6 heteroatoms. The Bertz CT molecular complexity index is 2940. The molecule has 3 heterocycles. The maximum absolute atomic E-state index is 5.23. The molecule has 2 aliphatic carbocycles. The van der Waals surface area contributed by atoms with E-state index in [0.29, 0.717) is 23.3 Å². The fraction of sp³-hybridized carbons (Fsp3) is 0.111. The molecule has 1 spiro atoms. The summed E-state index contributed by atoms with van der Waals surface area (Å²) in [6.07, 6.45) is 8.07. The fourth-order valence-electron chi connectivity index (χ4n) is 9.24. The first-order valence-corrected chi connectivity index (χ1v) is 20.8. The van der Waals surface area contributed by atoms with E-state index in [1.54, 1.807) is 0 Å². The minimum Gasteiger partial charge on any atom is -0.254 e. The first-order chi connectivity index (χ1) is 29.7. The van der Waals surface area contributed by atoms with Crippen LogP contribution in [0.25, 0.3) is 90.5 Å². The first-order valence-electron chi connectivity index (χ1n) is 20.8. The third-order valence-corrected chi connectivity index (χ3v) is 12.2. The van der Waals surface area contributed by atoms with Crippen LogP contribution in [0.5, 0.6) is 0 Å². The molecule has 1 saturated carbocycles. The number of pyridine rings is 1. The molecule has 0 atom stereocenters. The Morgan fingerprint density at radius 2 is 0.850 bits per heavy atom. The van der Waals surface area contributed by atoms with E-state index in [-0.39, 0.29) is 5.41 Å². The van der Waals surface area contributed by atoms with Crippen LogP contribution >= 0.6 is 0 Å². The molecule has 0 saturated heterocycles. The largest absolute Gasteiger partial charge is 0.254 e.